The molecule has 0 aliphatic rings. The van der Waals surface area contributed by atoms with Crippen LogP contribution < -0.4 is 5.73 Å². The highest BCUT2D eigenvalue weighted by molar-refractivity contribution is 5.30. The molecule has 2 rings (SSSR count). The van der Waals surface area contributed by atoms with E-state index < -0.39 is 0 Å². The largest absolute Gasteiger partial charge is 0.382 e. The van der Waals surface area contributed by atoms with Crippen molar-refractivity contribution in [2.24, 2.45) is 0 Å². The van der Waals surface area contributed by atoms with Gasteiger partial charge in [-0.15, -0.1) is 0 Å². The number of nitrogen functional groups attached to an aromatic ring is 1. The SMILES string of the molecule is Cc1cnn(-c2cncc(N)n2)c1. The Kier molecular flexibility index (Phi) is 1.70. The van der Waals surface area contributed by atoms with Crippen LogP contribution in [0.5, 0.6) is 0 Å². The maximum atomic E-state index is 5.49. The second-order valence-corrected chi connectivity index (χ2v) is 2.76. The van der Waals surface area contributed by atoms with Gasteiger partial charge in [-0.25, -0.2) is 9.67 Å². The Bertz CT molecular complexity index is 420. The Morgan fingerprint density at radius 1 is 1.31 bits per heavy atom. The van der Waals surface area contributed by atoms with Crippen LogP contribution in [0.3, 0.4) is 0 Å². The summed E-state index contributed by atoms with van der Waals surface area (Å²) in [5, 5.41) is 4.09. The van der Waals surface area contributed by atoms with Crippen LogP contribution in [0.1, 0.15) is 5.56 Å². The number of nitrogens with zero attached hydrogens (tertiary/aromatic N) is 4. The summed E-state index contributed by atoms with van der Waals surface area (Å²) in [6.07, 6.45) is 6.73. The van der Waals surface area contributed by atoms with Crippen molar-refractivity contribution < 1.29 is 0 Å². The van der Waals surface area contributed by atoms with E-state index in [1.807, 2.05) is 13.1 Å². The molecule has 2 N–H and O–H groups in total. The van der Waals surface area contributed by atoms with Gasteiger partial charge >= 0.3 is 0 Å². The van der Waals surface area contributed by atoms with Crippen molar-refractivity contribution in [3.05, 3.63) is 30.4 Å². The van der Waals surface area contributed by atoms with Gasteiger partial charge in [-0.3, -0.25) is 4.98 Å². The fraction of sp³-hybridized carbons (Fsp3) is 0.125. The summed E-state index contributed by atoms with van der Waals surface area (Å²) < 4.78 is 1.64. The van der Waals surface area contributed by atoms with Gasteiger partial charge in [0.2, 0.25) is 0 Å². The number of nitrogens with two attached hydrogens (primary N) is 1. The van der Waals surface area contributed by atoms with E-state index in [1.54, 1.807) is 17.1 Å². The lowest BCUT2D eigenvalue weighted by atomic mass is 10.4. The standard InChI is InChI=1S/C8H9N5/c1-6-2-11-13(5-6)8-4-10-3-7(9)12-8/h2-5H,1H3,(H2,9,12). The molecule has 66 valence electrons. The summed E-state index contributed by atoms with van der Waals surface area (Å²) in [5.74, 6) is 1.03. The van der Waals surface area contributed by atoms with Crippen LogP contribution >= 0.6 is 0 Å². The first-order valence-electron chi connectivity index (χ1n) is 3.85. The van der Waals surface area contributed by atoms with Crippen LogP contribution in [0.25, 0.3) is 5.82 Å². The van der Waals surface area contributed by atoms with Crippen molar-refractivity contribution in [3.8, 4) is 5.82 Å². The van der Waals surface area contributed by atoms with E-state index >= 15 is 0 Å². The summed E-state index contributed by atoms with van der Waals surface area (Å²) in [6.45, 7) is 1.96. The Balaban J connectivity index is 2.46. The topological polar surface area (TPSA) is 69.6 Å². The highest BCUT2D eigenvalue weighted by Gasteiger charge is 1.99. The van der Waals surface area contributed by atoms with Gasteiger partial charge in [-0.05, 0) is 12.5 Å². The number of hydrogen-bond donors (Lipinski definition) is 1. The maximum Gasteiger partial charge on any atom is 0.173 e. The number of hydrogen-bond acceptors (Lipinski definition) is 4. The predicted molar refractivity (Wildman–Crippen MR) is 48.3 cm³/mol. The Labute approximate surface area is 75.2 Å². The number of anilines is 1. The Hall–Kier alpha value is -1.91. The molecule has 0 bridgehead atoms. The number of rotatable bonds is 1. The van der Waals surface area contributed by atoms with Crippen LogP contribution in [0.15, 0.2) is 24.8 Å². The van der Waals surface area contributed by atoms with E-state index in [9.17, 15) is 0 Å². The van der Waals surface area contributed by atoms with Crippen LogP contribution in [0, 0.1) is 6.92 Å². The van der Waals surface area contributed by atoms with E-state index in [2.05, 4.69) is 15.1 Å². The molecular formula is C8H9N5. The molecule has 2 heterocycles. The van der Waals surface area contributed by atoms with Gasteiger partial charge in [0.05, 0.1) is 18.6 Å². The van der Waals surface area contributed by atoms with E-state index in [0.29, 0.717) is 11.6 Å². The molecule has 0 fully saturated rings. The lowest BCUT2D eigenvalue weighted by Crippen LogP contribution is -2.01. The van der Waals surface area contributed by atoms with Gasteiger partial charge < -0.3 is 5.73 Å². The molecule has 2 aromatic heterocycles. The van der Waals surface area contributed by atoms with E-state index in [-0.39, 0.29) is 0 Å². The second-order valence-electron chi connectivity index (χ2n) is 2.76. The van der Waals surface area contributed by atoms with Crippen LogP contribution in [0.4, 0.5) is 5.82 Å². The lowest BCUT2D eigenvalue weighted by Gasteiger charge is -1.98. The molecule has 0 radical (unpaired) electrons. The highest BCUT2D eigenvalue weighted by Crippen LogP contribution is 2.04. The summed E-state index contributed by atoms with van der Waals surface area (Å²) >= 11 is 0. The van der Waals surface area contributed by atoms with Gasteiger partial charge in [0.1, 0.15) is 5.82 Å². The minimum absolute atomic E-state index is 0.394. The van der Waals surface area contributed by atoms with Crippen LogP contribution in [-0.4, -0.2) is 19.7 Å². The van der Waals surface area contributed by atoms with Crippen molar-refractivity contribution >= 4 is 5.82 Å². The molecule has 5 nitrogen and oxygen atoms in total. The lowest BCUT2D eigenvalue weighted by molar-refractivity contribution is 0.840. The van der Waals surface area contributed by atoms with Crippen molar-refractivity contribution in [1.82, 2.24) is 19.7 Å². The Morgan fingerprint density at radius 2 is 2.15 bits per heavy atom. The molecule has 0 aromatic carbocycles. The van der Waals surface area contributed by atoms with E-state index in [1.165, 1.54) is 6.20 Å². The van der Waals surface area contributed by atoms with Crippen molar-refractivity contribution in [2.45, 2.75) is 6.92 Å². The normalized spacial score (nSPS) is 10.2. The minimum Gasteiger partial charge on any atom is -0.382 e. The smallest absolute Gasteiger partial charge is 0.173 e. The zero-order valence-electron chi connectivity index (χ0n) is 7.18. The molecule has 2 aromatic rings. The zero-order valence-corrected chi connectivity index (χ0v) is 7.18. The van der Waals surface area contributed by atoms with Crippen molar-refractivity contribution in [3.63, 3.8) is 0 Å². The van der Waals surface area contributed by atoms with Gasteiger partial charge in [0.25, 0.3) is 0 Å². The minimum atomic E-state index is 0.394. The molecule has 0 saturated carbocycles. The van der Waals surface area contributed by atoms with Crippen LogP contribution in [-0.2, 0) is 0 Å². The molecule has 0 atom stereocenters. The average molecular weight is 175 g/mol. The molecule has 0 saturated heterocycles. The van der Waals surface area contributed by atoms with Crippen LogP contribution in [0.2, 0.25) is 0 Å². The van der Waals surface area contributed by atoms with Gasteiger partial charge in [0.15, 0.2) is 5.82 Å². The van der Waals surface area contributed by atoms with Gasteiger partial charge in [0, 0.05) is 6.20 Å². The third-order valence-corrected chi connectivity index (χ3v) is 1.59. The van der Waals surface area contributed by atoms with Crippen molar-refractivity contribution in [2.75, 3.05) is 5.73 Å². The van der Waals surface area contributed by atoms with Gasteiger partial charge in [-0.1, -0.05) is 0 Å². The molecule has 0 spiro atoms. The molecular weight excluding hydrogens is 166 g/mol. The molecule has 13 heavy (non-hydrogen) atoms. The first-order valence-corrected chi connectivity index (χ1v) is 3.85. The number of aryl methyl sites for hydroxylation is 1. The third kappa shape index (κ3) is 1.48. The van der Waals surface area contributed by atoms with Crippen molar-refractivity contribution in [1.29, 1.82) is 0 Å². The van der Waals surface area contributed by atoms with E-state index in [4.69, 9.17) is 5.73 Å². The molecule has 0 aliphatic heterocycles. The third-order valence-electron chi connectivity index (χ3n) is 1.59. The number of aromatic nitrogens is 4. The summed E-state index contributed by atoms with van der Waals surface area (Å²) in [6, 6.07) is 0. The molecule has 0 unspecified atom stereocenters. The van der Waals surface area contributed by atoms with E-state index in [0.717, 1.165) is 5.56 Å². The fourth-order valence-electron chi connectivity index (χ4n) is 1.02. The second kappa shape index (κ2) is 2.85. The fourth-order valence-corrected chi connectivity index (χ4v) is 1.02. The predicted octanol–water partition coefficient (Wildman–Crippen LogP) is 0.553. The zero-order chi connectivity index (χ0) is 9.26. The first-order chi connectivity index (χ1) is 6.25. The molecule has 5 heteroatoms. The summed E-state index contributed by atoms with van der Waals surface area (Å²) in [5.41, 5.74) is 6.56. The maximum absolute atomic E-state index is 5.49. The summed E-state index contributed by atoms with van der Waals surface area (Å²) in [7, 11) is 0. The molecule has 0 aliphatic carbocycles. The molecule has 0 amide bonds. The summed E-state index contributed by atoms with van der Waals surface area (Å²) in [4.78, 5) is 7.99. The van der Waals surface area contributed by atoms with Gasteiger partial charge in [-0.2, -0.15) is 5.10 Å². The highest BCUT2D eigenvalue weighted by atomic mass is 15.3. The first kappa shape index (κ1) is 7.72. The average Bonchev–Trinajstić information content (AvgIpc) is 2.52. The quantitative estimate of drug-likeness (QED) is 0.687. The monoisotopic (exact) mass is 175 g/mol. The Morgan fingerprint density at radius 3 is 2.77 bits per heavy atom.